The molecule has 3 aromatic rings. The summed E-state index contributed by atoms with van der Waals surface area (Å²) in [6.45, 7) is 0.0925. The number of para-hydroxylation sites is 1. The van der Waals surface area contributed by atoms with Crippen molar-refractivity contribution in [3.63, 3.8) is 0 Å². The fourth-order valence-electron chi connectivity index (χ4n) is 2.95. The van der Waals surface area contributed by atoms with Crippen molar-refractivity contribution in [2.24, 2.45) is 0 Å². The molecule has 0 aliphatic heterocycles. The van der Waals surface area contributed by atoms with Crippen LogP contribution in [-0.2, 0) is 11.3 Å². The lowest BCUT2D eigenvalue weighted by molar-refractivity contribution is -0.123. The van der Waals surface area contributed by atoms with Crippen LogP contribution in [0.2, 0.25) is 0 Å². The van der Waals surface area contributed by atoms with E-state index in [1.54, 1.807) is 62.8 Å². The van der Waals surface area contributed by atoms with E-state index in [4.69, 9.17) is 19.5 Å². The van der Waals surface area contributed by atoms with Gasteiger partial charge in [-0.15, -0.1) is 0 Å². The van der Waals surface area contributed by atoms with Crippen LogP contribution < -0.4 is 25.1 Å². The van der Waals surface area contributed by atoms with Crippen LogP contribution in [0.3, 0.4) is 0 Å². The van der Waals surface area contributed by atoms with E-state index in [0.717, 1.165) is 0 Å². The summed E-state index contributed by atoms with van der Waals surface area (Å²) in [5.41, 5.74) is 1.25. The zero-order valence-electron chi connectivity index (χ0n) is 17.7. The largest absolute Gasteiger partial charge is 0.497 e. The Morgan fingerprint density at radius 2 is 1.91 bits per heavy atom. The van der Waals surface area contributed by atoms with Gasteiger partial charge in [-0.1, -0.05) is 12.1 Å². The molecule has 0 atom stereocenters. The first-order valence-corrected chi connectivity index (χ1v) is 9.75. The van der Waals surface area contributed by atoms with Gasteiger partial charge in [0.25, 0.3) is 11.5 Å². The lowest BCUT2D eigenvalue weighted by Crippen LogP contribution is -2.34. The highest BCUT2D eigenvalue weighted by atomic mass is 16.5. The van der Waals surface area contributed by atoms with Crippen LogP contribution in [0.25, 0.3) is 11.3 Å². The molecule has 0 saturated carbocycles. The molecule has 0 unspecified atom stereocenters. The van der Waals surface area contributed by atoms with Gasteiger partial charge in [0, 0.05) is 18.2 Å². The van der Waals surface area contributed by atoms with E-state index in [0.29, 0.717) is 34.1 Å². The maximum atomic E-state index is 12.2. The van der Waals surface area contributed by atoms with Crippen LogP contribution in [0, 0.1) is 11.3 Å². The summed E-state index contributed by atoms with van der Waals surface area (Å²) in [6, 6.07) is 17.0. The molecule has 0 aliphatic carbocycles. The fourth-order valence-corrected chi connectivity index (χ4v) is 2.95. The zero-order valence-corrected chi connectivity index (χ0v) is 17.7. The van der Waals surface area contributed by atoms with Gasteiger partial charge in [-0.2, -0.15) is 10.4 Å². The van der Waals surface area contributed by atoms with Crippen LogP contribution in [-0.4, -0.2) is 43.1 Å². The Kier molecular flexibility index (Phi) is 7.43. The Hall–Kier alpha value is -4.32. The standard InChI is InChI=1S/C23H22N4O5/c1-30-17-7-9-21(31-2)18(13-17)19-8-10-23(29)27(26-19)12-11-25-22(28)15-32-20-6-4-3-5-16(20)14-24/h3-10,13H,11-12,15H2,1-2H3,(H,25,28). The van der Waals surface area contributed by atoms with Crippen LogP contribution in [0.4, 0.5) is 0 Å². The molecule has 0 aliphatic rings. The van der Waals surface area contributed by atoms with E-state index < -0.39 is 0 Å². The molecule has 164 valence electrons. The van der Waals surface area contributed by atoms with E-state index in [1.165, 1.54) is 10.7 Å². The Morgan fingerprint density at radius 1 is 1.09 bits per heavy atom. The number of methoxy groups -OCH3 is 2. The second kappa shape index (κ2) is 10.6. The minimum atomic E-state index is -0.378. The van der Waals surface area contributed by atoms with Gasteiger partial charge in [-0.05, 0) is 36.4 Å². The molecule has 3 rings (SSSR count). The molecule has 1 aromatic heterocycles. The van der Waals surface area contributed by atoms with E-state index in [9.17, 15) is 9.59 Å². The average Bonchev–Trinajstić information content (AvgIpc) is 2.83. The molecular formula is C23H22N4O5. The number of carbonyl (C=O) groups is 1. The summed E-state index contributed by atoms with van der Waals surface area (Å²) in [5, 5.41) is 16.1. The van der Waals surface area contributed by atoms with Gasteiger partial charge in [0.2, 0.25) is 0 Å². The third kappa shape index (κ3) is 5.43. The van der Waals surface area contributed by atoms with Crippen molar-refractivity contribution in [2.45, 2.75) is 6.54 Å². The van der Waals surface area contributed by atoms with Crippen molar-refractivity contribution in [3.05, 3.63) is 70.5 Å². The van der Waals surface area contributed by atoms with E-state index in [-0.39, 0.29) is 31.2 Å². The average molecular weight is 434 g/mol. The molecule has 1 heterocycles. The Labute approximate surface area is 184 Å². The van der Waals surface area contributed by atoms with Gasteiger partial charge in [0.05, 0.1) is 32.0 Å². The quantitative estimate of drug-likeness (QED) is 0.548. The number of rotatable bonds is 9. The fraction of sp³-hybridized carbons (Fsp3) is 0.217. The van der Waals surface area contributed by atoms with Gasteiger partial charge in [-0.25, -0.2) is 4.68 Å². The zero-order chi connectivity index (χ0) is 22.9. The lowest BCUT2D eigenvalue weighted by Gasteiger charge is -2.12. The minimum Gasteiger partial charge on any atom is -0.497 e. The van der Waals surface area contributed by atoms with E-state index in [1.807, 2.05) is 6.07 Å². The Bertz CT molecular complexity index is 1200. The molecule has 0 fully saturated rings. The van der Waals surface area contributed by atoms with Gasteiger partial charge in [0.1, 0.15) is 23.3 Å². The monoisotopic (exact) mass is 434 g/mol. The van der Waals surface area contributed by atoms with Crippen molar-refractivity contribution >= 4 is 5.91 Å². The Morgan fingerprint density at radius 3 is 2.66 bits per heavy atom. The molecule has 32 heavy (non-hydrogen) atoms. The number of hydrogen-bond donors (Lipinski definition) is 1. The number of aromatic nitrogens is 2. The second-order valence-corrected chi connectivity index (χ2v) is 6.59. The molecule has 1 N–H and O–H groups in total. The minimum absolute atomic E-state index is 0.166. The highest BCUT2D eigenvalue weighted by Gasteiger charge is 2.11. The second-order valence-electron chi connectivity index (χ2n) is 6.59. The molecule has 0 bridgehead atoms. The predicted octanol–water partition coefficient (Wildman–Crippen LogP) is 1.99. The van der Waals surface area contributed by atoms with Crippen molar-refractivity contribution < 1.29 is 19.0 Å². The molecule has 9 heteroatoms. The highest BCUT2D eigenvalue weighted by Crippen LogP contribution is 2.31. The summed E-state index contributed by atoms with van der Waals surface area (Å²) in [6.07, 6.45) is 0. The molecule has 2 aromatic carbocycles. The maximum absolute atomic E-state index is 12.2. The summed E-state index contributed by atoms with van der Waals surface area (Å²) < 4.78 is 17.3. The SMILES string of the molecule is COc1ccc(OC)c(-c2ccc(=O)n(CCNC(=O)COc3ccccc3C#N)n2)c1. The van der Waals surface area contributed by atoms with Gasteiger partial charge >= 0.3 is 0 Å². The molecule has 0 radical (unpaired) electrons. The van der Waals surface area contributed by atoms with Gasteiger partial charge in [0.15, 0.2) is 6.61 Å². The number of benzene rings is 2. The van der Waals surface area contributed by atoms with Gasteiger partial charge < -0.3 is 19.5 Å². The number of nitriles is 1. The number of amides is 1. The first-order chi connectivity index (χ1) is 15.5. The van der Waals surface area contributed by atoms with Crippen molar-refractivity contribution in [2.75, 3.05) is 27.4 Å². The Balaban J connectivity index is 1.63. The normalized spacial score (nSPS) is 10.2. The number of carbonyl (C=O) groups excluding carboxylic acids is 1. The lowest BCUT2D eigenvalue weighted by atomic mass is 10.1. The smallest absolute Gasteiger partial charge is 0.266 e. The predicted molar refractivity (Wildman–Crippen MR) is 117 cm³/mol. The molecule has 0 saturated heterocycles. The van der Waals surface area contributed by atoms with E-state index in [2.05, 4.69) is 10.4 Å². The maximum Gasteiger partial charge on any atom is 0.266 e. The number of ether oxygens (including phenoxy) is 3. The number of nitrogens with one attached hydrogen (secondary N) is 1. The summed E-state index contributed by atoms with van der Waals surface area (Å²) in [5.74, 6) is 1.18. The van der Waals surface area contributed by atoms with Crippen LogP contribution in [0.5, 0.6) is 17.2 Å². The molecule has 9 nitrogen and oxygen atoms in total. The molecular weight excluding hydrogens is 412 g/mol. The topological polar surface area (TPSA) is 115 Å². The van der Waals surface area contributed by atoms with Crippen molar-refractivity contribution in [1.82, 2.24) is 15.1 Å². The van der Waals surface area contributed by atoms with Crippen LogP contribution in [0.15, 0.2) is 59.4 Å². The number of hydrogen-bond acceptors (Lipinski definition) is 7. The molecule has 0 spiro atoms. The van der Waals surface area contributed by atoms with Crippen LogP contribution in [0.1, 0.15) is 5.56 Å². The van der Waals surface area contributed by atoms with E-state index >= 15 is 0 Å². The summed E-state index contributed by atoms with van der Waals surface area (Å²) >= 11 is 0. The third-order valence-corrected chi connectivity index (χ3v) is 4.56. The first kappa shape index (κ1) is 22.4. The summed E-state index contributed by atoms with van der Waals surface area (Å²) in [7, 11) is 3.11. The van der Waals surface area contributed by atoms with Crippen molar-refractivity contribution in [3.8, 4) is 34.6 Å². The van der Waals surface area contributed by atoms with Gasteiger partial charge in [-0.3, -0.25) is 9.59 Å². The summed E-state index contributed by atoms with van der Waals surface area (Å²) in [4.78, 5) is 24.3. The van der Waals surface area contributed by atoms with Crippen LogP contribution >= 0.6 is 0 Å². The van der Waals surface area contributed by atoms with Crippen molar-refractivity contribution in [1.29, 1.82) is 5.26 Å². The first-order valence-electron chi connectivity index (χ1n) is 9.75. The molecule has 1 amide bonds. The third-order valence-electron chi connectivity index (χ3n) is 4.56. The number of nitrogens with zero attached hydrogens (tertiary/aromatic N) is 3. The highest BCUT2D eigenvalue weighted by molar-refractivity contribution is 5.77.